The first-order chi connectivity index (χ1) is 18.6. The fourth-order valence-corrected chi connectivity index (χ4v) is 3.61. The second-order valence-electron chi connectivity index (χ2n) is 8.81. The molecule has 2 aromatic carbocycles. The number of ether oxygens (including phenoxy) is 2. The molecule has 0 saturated carbocycles. The summed E-state index contributed by atoms with van der Waals surface area (Å²) < 4.78 is 10.6. The van der Waals surface area contributed by atoms with E-state index in [2.05, 4.69) is 47.6 Å². The maximum absolute atomic E-state index is 12.4. The Kier molecular flexibility index (Phi) is 15.1. The fourth-order valence-electron chi connectivity index (χ4n) is 3.61. The van der Waals surface area contributed by atoms with Gasteiger partial charge in [-0.15, -0.1) is 0 Å². The van der Waals surface area contributed by atoms with Gasteiger partial charge in [-0.25, -0.2) is 4.79 Å². The van der Waals surface area contributed by atoms with Gasteiger partial charge < -0.3 is 14.6 Å². The first kappa shape index (κ1) is 30.1. The molecule has 0 unspecified atom stereocenters. The van der Waals surface area contributed by atoms with E-state index in [-0.39, 0.29) is 11.5 Å². The van der Waals surface area contributed by atoms with E-state index in [1.165, 1.54) is 63.9 Å². The summed E-state index contributed by atoms with van der Waals surface area (Å²) in [7, 11) is 0. The molecule has 5 heteroatoms. The van der Waals surface area contributed by atoms with E-state index in [1.807, 2.05) is 0 Å². The summed E-state index contributed by atoms with van der Waals surface area (Å²) in [6.07, 6.45) is 17.0. The molecule has 0 aromatic heterocycles. The Morgan fingerprint density at radius 3 is 2.13 bits per heavy atom. The smallest absolute Gasteiger partial charge is 0.343 e. The van der Waals surface area contributed by atoms with Crippen molar-refractivity contribution in [2.45, 2.75) is 78.1 Å². The molecule has 2 aromatic rings. The van der Waals surface area contributed by atoms with Crippen LogP contribution in [0.1, 0.15) is 94.0 Å². The molecular weight excluding hydrogens is 474 g/mol. The summed E-state index contributed by atoms with van der Waals surface area (Å²) in [5.74, 6) is 13.0. The predicted octanol–water partition coefficient (Wildman–Crippen LogP) is 7.32. The maximum Gasteiger partial charge on any atom is 0.343 e. The van der Waals surface area contributed by atoms with Crippen LogP contribution >= 0.6 is 0 Å². The van der Waals surface area contributed by atoms with E-state index in [4.69, 9.17) is 9.47 Å². The van der Waals surface area contributed by atoms with Crippen LogP contribution in [-0.4, -0.2) is 23.8 Å². The van der Waals surface area contributed by atoms with Gasteiger partial charge in [0.15, 0.2) is 0 Å². The Hall–Kier alpha value is -4.14. The third-order valence-corrected chi connectivity index (χ3v) is 5.71. The minimum Gasteiger partial charge on any atom is -0.507 e. The molecule has 1 N–H and O–H groups in total. The summed E-state index contributed by atoms with van der Waals surface area (Å²) in [5, 5.41) is 10.3. The number of rotatable bonds is 15. The summed E-state index contributed by atoms with van der Waals surface area (Å²) in [6, 6.07) is 11.1. The first-order valence-electron chi connectivity index (χ1n) is 13.4. The minimum atomic E-state index is -0.548. The molecular formula is C33H37NO4. The monoisotopic (exact) mass is 511 g/mol. The predicted molar refractivity (Wildman–Crippen MR) is 153 cm³/mol. The molecule has 0 spiro atoms. The lowest BCUT2D eigenvalue weighted by molar-refractivity contribution is 0.0734. The van der Waals surface area contributed by atoms with Crippen molar-refractivity contribution in [3.8, 4) is 53.0 Å². The fraction of sp³-hybridized carbons (Fsp3) is 0.394. The molecule has 0 aliphatic carbocycles. The Morgan fingerprint density at radius 1 is 0.842 bits per heavy atom. The number of nitrogens with zero attached hydrogens (tertiary/aromatic N) is 1. The van der Waals surface area contributed by atoms with E-state index in [9.17, 15) is 9.90 Å². The van der Waals surface area contributed by atoms with Crippen LogP contribution in [0.15, 0.2) is 47.5 Å². The van der Waals surface area contributed by atoms with Crippen molar-refractivity contribution in [3.05, 3.63) is 53.6 Å². The lowest BCUT2D eigenvalue weighted by Crippen LogP contribution is -2.08. The zero-order valence-electron chi connectivity index (χ0n) is 22.5. The van der Waals surface area contributed by atoms with Gasteiger partial charge in [0, 0.05) is 36.2 Å². The van der Waals surface area contributed by atoms with Crippen molar-refractivity contribution >= 4 is 12.2 Å². The van der Waals surface area contributed by atoms with Crippen molar-refractivity contribution in [1.82, 2.24) is 0 Å². The summed E-state index contributed by atoms with van der Waals surface area (Å²) >= 11 is 0. The Balaban J connectivity index is 1.72. The normalized spacial score (nSPS) is 9.95. The molecule has 0 aliphatic heterocycles. The number of hydrogen-bond donors (Lipinski definition) is 1. The van der Waals surface area contributed by atoms with Gasteiger partial charge in [-0.1, -0.05) is 70.6 Å². The van der Waals surface area contributed by atoms with E-state index in [1.54, 1.807) is 49.5 Å². The molecule has 0 amide bonds. The van der Waals surface area contributed by atoms with Gasteiger partial charge in [-0.3, -0.25) is 4.99 Å². The van der Waals surface area contributed by atoms with Crippen LogP contribution in [0.4, 0.5) is 0 Å². The van der Waals surface area contributed by atoms with Crippen molar-refractivity contribution < 1.29 is 19.4 Å². The van der Waals surface area contributed by atoms with E-state index in [0.717, 1.165) is 13.0 Å². The SMILES string of the molecule is CC#CC#CC#COc1ccc(C(=O)Oc2ccc(C=NCCCCCCCCCCCC)c(O)c2)cc1. The molecule has 198 valence electrons. The number of unbranched alkanes of at least 4 members (excludes halogenated alkanes) is 9. The van der Waals surface area contributed by atoms with Crippen LogP contribution in [0.5, 0.6) is 17.2 Å². The zero-order chi connectivity index (χ0) is 27.3. The number of phenolic OH excluding ortho intramolecular Hbond substituents is 1. The quantitative estimate of drug-likeness (QED) is 0.0894. The van der Waals surface area contributed by atoms with Crippen molar-refractivity contribution in [1.29, 1.82) is 0 Å². The number of phenols is 1. The van der Waals surface area contributed by atoms with Gasteiger partial charge in [0.2, 0.25) is 0 Å². The average Bonchev–Trinajstić information content (AvgIpc) is 2.92. The van der Waals surface area contributed by atoms with E-state index < -0.39 is 5.97 Å². The third kappa shape index (κ3) is 12.7. The standard InChI is InChI=1S/C33H37NO4/c1-3-5-7-9-10-11-12-13-14-16-24-34-27-29-20-23-31(26-32(29)35)38-33(36)28-18-21-30(22-19-28)37-25-17-15-8-6-4-2/h18-23,26-27,35H,3,5,7,9-14,16,24H2,1-2H3. The molecule has 0 heterocycles. The number of benzene rings is 2. The van der Waals surface area contributed by atoms with Crippen molar-refractivity contribution in [2.24, 2.45) is 4.99 Å². The highest BCUT2D eigenvalue weighted by atomic mass is 16.5. The molecule has 0 aliphatic rings. The largest absolute Gasteiger partial charge is 0.507 e. The molecule has 0 atom stereocenters. The lowest BCUT2D eigenvalue weighted by atomic mass is 10.1. The van der Waals surface area contributed by atoms with E-state index >= 15 is 0 Å². The second kappa shape index (κ2) is 19.0. The van der Waals surface area contributed by atoms with Crippen LogP contribution in [-0.2, 0) is 0 Å². The maximum atomic E-state index is 12.4. The summed E-state index contributed by atoms with van der Waals surface area (Å²) in [4.78, 5) is 16.9. The number of hydrogen-bond acceptors (Lipinski definition) is 5. The third-order valence-electron chi connectivity index (χ3n) is 5.71. The second-order valence-corrected chi connectivity index (χ2v) is 8.81. The van der Waals surface area contributed by atoms with Gasteiger partial charge in [0.1, 0.15) is 23.4 Å². The summed E-state index contributed by atoms with van der Waals surface area (Å²) in [5.41, 5.74) is 0.927. The molecule has 38 heavy (non-hydrogen) atoms. The molecule has 0 fully saturated rings. The van der Waals surface area contributed by atoms with Crippen LogP contribution in [0, 0.1) is 35.7 Å². The molecule has 5 nitrogen and oxygen atoms in total. The van der Waals surface area contributed by atoms with Gasteiger partial charge in [0.25, 0.3) is 0 Å². The van der Waals surface area contributed by atoms with Gasteiger partial charge in [0.05, 0.1) is 5.56 Å². The lowest BCUT2D eigenvalue weighted by Gasteiger charge is -2.07. The first-order valence-corrected chi connectivity index (χ1v) is 13.4. The highest BCUT2D eigenvalue weighted by Crippen LogP contribution is 2.23. The highest BCUT2D eigenvalue weighted by Gasteiger charge is 2.10. The van der Waals surface area contributed by atoms with Crippen molar-refractivity contribution in [2.75, 3.05) is 6.54 Å². The van der Waals surface area contributed by atoms with Gasteiger partial charge in [-0.2, -0.15) is 0 Å². The summed E-state index contributed by atoms with van der Waals surface area (Å²) in [6.45, 7) is 4.68. The van der Waals surface area contributed by atoms with Crippen LogP contribution in [0.2, 0.25) is 0 Å². The Labute approximate surface area is 227 Å². The number of aliphatic imine (C=N–C) groups is 1. The Bertz CT molecular complexity index is 1210. The number of carbonyl (C=O) groups is 1. The number of carbonyl (C=O) groups excluding carboxylic acids is 1. The molecule has 0 saturated heterocycles. The molecule has 0 bridgehead atoms. The van der Waals surface area contributed by atoms with Crippen LogP contribution in [0.3, 0.4) is 0 Å². The zero-order valence-corrected chi connectivity index (χ0v) is 22.5. The van der Waals surface area contributed by atoms with E-state index in [0.29, 0.717) is 16.9 Å². The number of esters is 1. The van der Waals surface area contributed by atoms with Gasteiger partial charge in [-0.05, 0) is 61.6 Å². The van der Waals surface area contributed by atoms with Crippen LogP contribution < -0.4 is 9.47 Å². The topological polar surface area (TPSA) is 68.1 Å². The highest BCUT2D eigenvalue weighted by molar-refractivity contribution is 5.91. The average molecular weight is 512 g/mol. The number of aromatic hydroxyl groups is 1. The molecule has 0 radical (unpaired) electrons. The van der Waals surface area contributed by atoms with Gasteiger partial charge >= 0.3 is 5.97 Å². The minimum absolute atomic E-state index is 0.0115. The molecule has 2 rings (SSSR count). The van der Waals surface area contributed by atoms with Crippen LogP contribution in [0.25, 0.3) is 0 Å². The van der Waals surface area contributed by atoms with Crippen molar-refractivity contribution in [3.63, 3.8) is 0 Å². The Morgan fingerprint density at radius 2 is 1.47 bits per heavy atom.